The van der Waals surface area contributed by atoms with Crippen LogP contribution in [0.25, 0.3) is 0 Å². The van der Waals surface area contributed by atoms with Gasteiger partial charge in [0.15, 0.2) is 0 Å². The van der Waals surface area contributed by atoms with Gasteiger partial charge in [-0.05, 0) is 86.1 Å². The van der Waals surface area contributed by atoms with E-state index in [1.165, 1.54) is 19.2 Å². The number of hydrogen-bond donors (Lipinski definition) is 3. The second-order valence-corrected chi connectivity index (χ2v) is 14.5. The van der Waals surface area contributed by atoms with Crippen LogP contribution in [0.3, 0.4) is 0 Å². The zero-order chi connectivity index (χ0) is 29.5. The number of rotatable bonds is 13. The number of nitrogens with two attached hydrogens (primary N) is 1. The molecule has 2 aromatic carbocycles. The van der Waals surface area contributed by atoms with Gasteiger partial charge in [-0.2, -0.15) is 4.31 Å². The van der Waals surface area contributed by atoms with Crippen molar-refractivity contribution in [2.45, 2.75) is 51.0 Å². The van der Waals surface area contributed by atoms with Crippen LogP contribution in [-0.4, -0.2) is 66.5 Å². The Bertz CT molecular complexity index is 1370. The first-order valence-corrected chi connectivity index (χ1v) is 17.1. The van der Waals surface area contributed by atoms with Gasteiger partial charge in [0.25, 0.3) is 5.91 Å². The number of halogens is 2. The molecule has 1 unspecified atom stereocenters. The highest BCUT2D eigenvalue weighted by molar-refractivity contribution is 7.92. The molecule has 238 valence electrons. The first-order valence-electron chi connectivity index (χ1n) is 13.8. The van der Waals surface area contributed by atoms with Gasteiger partial charge in [0.05, 0.1) is 22.4 Å². The van der Waals surface area contributed by atoms with E-state index in [9.17, 15) is 21.6 Å². The van der Waals surface area contributed by atoms with Crippen molar-refractivity contribution in [2.75, 3.05) is 49.1 Å². The minimum absolute atomic E-state index is 0. The number of piperidine rings is 1. The normalized spacial score (nSPS) is 15.3. The van der Waals surface area contributed by atoms with E-state index in [1.54, 1.807) is 34.6 Å². The SMILES string of the molecule is CCC(C)C1CCN(S(=O)(=O)c2ccc(NC(=O)c3cc(CNCCCN)ccc3N(C)S(C)(=O)=O)cc2)CC1.Cl.Cl. The molecule has 1 aliphatic rings. The summed E-state index contributed by atoms with van der Waals surface area (Å²) in [6, 6.07) is 11.1. The maximum Gasteiger partial charge on any atom is 0.257 e. The van der Waals surface area contributed by atoms with E-state index in [4.69, 9.17) is 5.73 Å². The monoisotopic (exact) mass is 665 g/mol. The summed E-state index contributed by atoms with van der Waals surface area (Å²) in [5, 5.41) is 6.04. The van der Waals surface area contributed by atoms with E-state index in [0.29, 0.717) is 50.2 Å². The highest BCUT2D eigenvalue weighted by Crippen LogP contribution is 2.30. The number of nitrogens with one attached hydrogen (secondary N) is 2. The van der Waals surface area contributed by atoms with Crippen LogP contribution in [0.15, 0.2) is 47.4 Å². The molecule has 1 saturated heterocycles. The molecule has 1 fully saturated rings. The largest absolute Gasteiger partial charge is 0.330 e. The quantitative estimate of drug-likeness (QED) is 0.274. The van der Waals surface area contributed by atoms with Crippen LogP contribution in [0.1, 0.15) is 55.5 Å². The fourth-order valence-corrected chi connectivity index (χ4v) is 6.85. The number of hydrogen-bond acceptors (Lipinski definition) is 7. The molecular formula is C28H45Cl2N5O5S2. The Morgan fingerprint density at radius 1 is 1.07 bits per heavy atom. The van der Waals surface area contributed by atoms with Gasteiger partial charge >= 0.3 is 0 Å². The smallest absolute Gasteiger partial charge is 0.257 e. The predicted octanol–water partition coefficient (Wildman–Crippen LogP) is 4.06. The van der Waals surface area contributed by atoms with E-state index >= 15 is 0 Å². The molecule has 10 nitrogen and oxygen atoms in total. The van der Waals surface area contributed by atoms with Crippen LogP contribution in [0, 0.1) is 11.8 Å². The molecule has 0 radical (unpaired) electrons. The van der Waals surface area contributed by atoms with Crippen molar-refractivity contribution >= 4 is 62.1 Å². The minimum atomic E-state index is -3.64. The minimum Gasteiger partial charge on any atom is -0.330 e. The van der Waals surface area contributed by atoms with Crippen LogP contribution in [-0.2, 0) is 26.6 Å². The summed E-state index contributed by atoms with van der Waals surface area (Å²) < 4.78 is 53.5. The third-order valence-corrected chi connectivity index (χ3v) is 10.8. The van der Waals surface area contributed by atoms with Crippen molar-refractivity contribution in [1.29, 1.82) is 0 Å². The lowest BCUT2D eigenvalue weighted by atomic mass is 9.85. The number of nitrogens with zero attached hydrogens (tertiary/aromatic N) is 2. The fraction of sp³-hybridized carbons (Fsp3) is 0.536. The Kier molecular flexibility index (Phi) is 15.2. The van der Waals surface area contributed by atoms with Crippen molar-refractivity contribution < 1.29 is 21.6 Å². The number of benzene rings is 2. The Hall–Kier alpha value is -1.93. The zero-order valence-corrected chi connectivity index (χ0v) is 28.0. The standard InChI is InChI=1S/C28H43N5O5S2.2ClH/c1-5-21(2)23-13-17-33(18-14-23)40(37,38)25-10-8-24(9-11-25)31-28(34)26-19-22(20-30-16-6-15-29)7-12-27(26)32(3)39(4,35)36;;/h7-12,19,21,23,30H,5-6,13-18,20,29H2,1-4H3,(H,31,34);2*1H. The molecule has 0 bridgehead atoms. The van der Waals surface area contributed by atoms with E-state index in [-0.39, 0.29) is 41.0 Å². The van der Waals surface area contributed by atoms with Gasteiger partial charge in [-0.15, -0.1) is 24.8 Å². The van der Waals surface area contributed by atoms with Crippen LogP contribution in [0.4, 0.5) is 11.4 Å². The van der Waals surface area contributed by atoms with Gasteiger partial charge < -0.3 is 16.4 Å². The van der Waals surface area contributed by atoms with E-state index < -0.39 is 26.0 Å². The van der Waals surface area contributed by atoms with E-state index in [0.717, 1.165) is 41.8 Å². The van der Waals surface area contributed by atoms with Gasteiger partial charge in [0, 0.05) is 32.4 Å². The van der Waals surface area contributed by atoms with Crippen LogP contribution in [0.2, 0.25) is 0 Å². The van der Waals surface area contributed by atoms with Gasteiger partial charge in [-0.25, -0.2) is 16.8 Å². The van der Waals surface area contributed by atoms with Crippen molar-refractivity contribution in [3.8, 4) is 0 Å². The fourth-order valence-electron chi connectivity index (χ4n) is 4.86. The van der Waals surface area contributed by atoms with Gasteiger partial charge in [-0.1, -0.05) is 26.3 Å². The summed E-state index contributed by atoms with van der Waals surface area (Å²) in [5.41, 5.74) is 7.18. The van der Waals surface area contributed by atoms with Gasteiger partial charge in [0.2, 0.25) is 20.0 Å². The lowest BCUT2D eigenvalue weighted by Crippen LogP contribution is -2.39. The molecule has 1 amide bonds. The highest BCUT2D eigenvalue weighted by Gasteiger charge is 2.31. The Morgan fingerprint density at radius 2 is 1.69 bits per heavy atom. The summed E-state index contributed by atoms with van der Waals surface area (Å²) in [6.07, 6.45) is 4.68. The van der Waals surface area contributed by atoms with E-state index in [1.807, 2.05) is 0 Å². The molecule has 0 spiro atoms. The zero-order valence-electron chi connectivity index (χ0n) is 24.7. The molecule has 1 atom stereocenters. The lowest BCUT2D eigenvalue weighted by Gasteiger charge is -2.34. The number of sulfonamides is 2. The molecule has 2 aromatic rings. The summed E-state index contributed by atoms with van der Waals surface area (Å²) in [6.45, 7) is 7.17. The third kappa shape index (κ3) is 9.80. The van der Waals surface area contributed by atoms with Gasteiger partial charge in [-0.3, -0.25) is 9.10 Å². The summed E-state index contributed by atoms with van der Waals surface area (Å²) in [4.78, 5) is 13.5. The summed E-state index contributed by atoms with van der Waals surface area (Å²) in [5.74, 6) is 0.622. The average molecular weight is 667 g/mol. The number of carbonyl (C=O) groups excluding carboxylic acids is 1. The Morgan fingerprint density at radius 3 is 2.24 bits per heavy atom. The summed E-state index contributed by atoms with van der Waals surface area (Å²) >= 11 is 0. The molecular weight excluding hydrogens is 621 g/mol. The molecule has 42 heavy (non-hydrogen) atoms. The van der Waals surface area contributed by atoms with Crippen LogP contribution >= 0.6 is 24.8 Å². The molecule has 14 heteroatoms. The number of amides is 1. The molecule has 0 aliphatic carbocycles. The average Bonchev–Trinajstić information content (AvgIpc) is 2.94. The Balaban J connectivity index is 0.00000441. The number of anilines is 2. The van der Waals surface area contributed by atoms with Gasteiger partial charge in [0.1, 0.15) is 0 Å². The van der Waals surface area contributed by atoms with E-state index in [2.05, 4.69) is 24.5 Å². The number of carbonyl (C=O) groups is 1. The van der Waals surface area contributed by atoms with Crippen molar-refractivity contribution in [1.82, 2.24) is 9.62 Å². The predicted molar refractivity (Wildman–Crippen MR) is 175 cm³/mol. The molecule has 1 heterocycles. The summed E-state index contributed by atoms with van der Waals surface area (Å²) in [7, 11) is -5.85. The molecule has 1 aliphatic heterocycles. The first kappa shape index (κ1) is 38.1. The molecule has 0 aromatic heterocycles. The maximum atomic E-state index is 13.3. The second kappa shape index (κ2) is 16.8. The first-order chi connectivity index (χ1) is 18.9. The third-order valence-electron chi connectivity index (χ3n) is 7.73. The lowest BCUT2D eigenvalue weighted by molar-refractivity contribution is 0.102. The highest BCUT2D eigenvalue weighted by atomic mass is 35.5. The topological polar surface area (TPSA) is 142 Å². The second-order valence-electron chi connectivity index (χ2n) is 10.5. The van der Waals surface area contributed by atoms with Crippen LogP contribution < -0.4 is 20.7 Å². The van der Waals surface area contributed by atoms with Crippen LogP contribution in [0.5, 0.6) is 0 Å². The molecule has 4 N–H and O–H groups in total. The Labute approximate surface area is 263 Å². The molecule has 0 saturated carbocycles. The van der Waals surface area contributed by atoms with Crippen molar-refractivity contribution in [2.24, 2.45) is 17.6 Å². The maximum absolute atomic E-state index is 13.3. The van der Waals surface area contributed by atoms with Crippen molar-refractivity contribution in [3.63, 3.8) is 0 Å². The molecule has 3 rings (SSSR count). The van der Waals surface area contributed by atoms with Crippen molar-refractivity contribution in [3.05, 3.63) is 53.6 Å².